The van der Waals surface area contributed by atoms with Gasteiger partial charge >= 0.3 is 0 Å². The molecule has 86 valence electrons. The second-order valence-electron chi connectivity index (χ2n) is 4.02. The molecule has 0 fully saturated rings. The SMILES string of the molecule is CC(C)(NCc1ccc(Br)o1)c1nccs1. The zero-order chi connectivity index (χ0) is 11.6. The first kappa shape index (κ1) is 11.8. The van der Waals surface area contributed by atoms with Crippen LogP contribution in [-0.2, 0) is 12.1 Å². The average Bonchev–Trinajstić information content (AvgIpc) is 2.85. The highest BCUT2D eigenvalue weighted by atomic mass is 79.9. The molecule has 2 aromatic heterocycles. The van der Waals surface area contributed by atoms with E-state index in [1.54, 1.807) is 11.3 Å². The quantitative estimate of drug-likeness (QED) is 0.939. The number of rotatable bonds is 4. The summed E-state index contributed by atoms with van der Waals surface area (Å²) >= 11 is 4.94. The summed E-state index contributed by atoms with van der Waals surface area (Å²) in [6, 6.07) is 3.85. The highest BCUT2D eigenvalue weighted by molar-refractivity contribution is 9.10. The maximum absolute atomic E-state index is 5.43. The lowest BCUT2D eigenvalue weighted by molar-refractivity contribution is 0.366. The van der Waals surface area contributed by atoms with Crippen LogP contribution < -0.4 is 5.32 Å². The Bertz CT molecular complexity index is 450. The first-order chi connectivity index (χ1) is 7.58. The van der Waals surface area contributed by atoms with Crippen LogP contribution in [0.3, 0.4) is 0 Å². The third-order valence-electron chi connectivity index (χ3n) is 2.30. The molecule has 1 N–H and O–H groups in total. The van der Waals surface area contributed by atoms with E-state index < -0.39 is 0 Å². The van der Waals surface area contributed by atoms with Gasteiger partial charge in [-0.3, -0.25) is 5.32 Å². The summed E-state index contributed by atoms with van der Waals surface area (Å²) in [5, 5.41) is 6.49. The molecule has 0 radical (unpaired) electrons. The number of hydrogen-bond donors (Lipinski definition) is 1. The zero-order valence-electron chi connectivity index (χ0n) is 9.16. The number of nitrogens with zero attached hydrogens (tertiary/aromatic N) is 1. The lowest BCUT2D eigenvalue weighted by Crippen LogP contribution is -2.35. The summed E-state index contributed by atoms with van der Waals surface area (Å²) in [5.41, 5.74) is -0.132. The molecule has 0 amide bonds. The summed E-state index contributed by atoms with van der Waals surface area (Å²) in [7, 11) is 0. The molecular formula is C11H13BrN2OS. The van der Waals surface area contributed by atoms with Crippen LogP contribution in [0.5, 0.6) is 0 Å². The van der Waals surface area contributed by atoms with Gasteiger partial charge in [0.1, 0.15) is 10.8 Å². The molecule has 0 atom stereocenters. The van der Waals surface area contributed by atoms with Crippen LogP contribution in [0.1, 0.15) is 24.6 Å². The fraction of sp³-hybridized carbons (Fsp3) is 0.364. The van der Waals surface area contributed by atoms with Gasteiger partial charge in [0.25, 0.3) is 0 Å². The van der Waals surface area contributed by atoms with Crippen LogP contribution in [0.4, 0.5) is 0 Å². The third kappa shape index (κ3) is 2.72. The van der Waals surface area contributed by atoms with Gasteiger partial charge in [-0.25, -0.2) is 4.98 Å². The van der Waals surface area contributed by atoms with Crippen LogP contribution in [0.2, 0.25) is 0 Å². The molecule has 0 aromatic carbocycles. The largest absolute Gasteiger partial charge is 0.453 e. The van der Waals surface area contributed by atoms with Gasteiger partial charge in [-0.1, -0.05) is 0 Å². The Labute approximate surface area is 107 Å². The molecule has 0 saturated carbocycles. The van der Waals surface area contributed by atoms with Gasteiger partial charge in [-0.2, -0.15) is 0 Å². The van der Waals surface area contributed by atoms with Gasteiger partial charge in [-0.15, -0.1) is 11.3 Å². The predicted molar refractivity (Wildman–Crippen MR) is 68.4 cm³/mol. The van der Waals surface area contributed by atoms with E-state index in [2.05, 4.69) is 40.1 Å². The minimum atomic E-state index is -0.132. The van der Waals surface area contributed by atoms with Crippen molar-refractivity contribution >= 4 is 27.3 Å². The Morgan fingerprint density at radius 1 is 1.50 bits per heavy atom. The van der Waals surface area contributed by atoms with Crippen molar-refractivity contribution in [3.05, 3.63) is 39.1 Å². The number of thiazole rings is 1. The second kappa shape index (κ2) is 4.69. The van der Waals surface area contributed by atoms with Crippen LogP contribution in [0, 0.1) is 0 Å². The molecule has 0 spiro atoms. The summed E-state index contributed by atoms with van der Waals surface area (Å²) < 4.78 is 6.19. The predicted octanol–water partition coefficient (Wildman–Crippen LogP) is 3.52. The van der Waals surface area contributed by atoms with Crippen molar-refractivity contribution in [2.24, 2.45) is 0 Å². The molecule has 0 unspecified atom stereocenters. The van der Waals surface area contributed by atoms with Crippen LogP contribution in [0.25, 0.3) is 0 Å². The lowest BCUT2D eigenvalue weighted by atomic mass is 10.1. The molecule has 0 aliphatic carbocycles. The molecule has 2 rings (SSSR count). The molecule has 0 saturated heterocycles. The summed E-state index contributed by atoms with van der Waals surface area (Å²) in [6.07, 6.45) is 1.83. The van der Waals surface area contributed by atoms with Crippen molar-refractivity contribution < 1.29 is 4.42 Å². The van der Waals surface area contributed by atoms with Crippen molar-refractivity contribution in [2.75, 3.05) is 0 Å². The van der Waals surface area contributed by atoms with Gasteiger partial charge in [0, 0.05) is 11.6 Å². The van der Waals surface area contributed by atoms with E-state index >= 15 is 0 Å². The number of halogens is 1. The van der Waals surface area contributed by atoms with Crippen LogP contribution >= 0.6 is 27.3 Å². The number of nitrogens with one attached hydrogen (secondary N) is 1. The zero-order valence-corrected chi connectivity index (χ0v) is 11.6. The van der Waals surface area contributed by atoms with E-state index in [0.717, 1.165) is 15.4 Å². The van der Waals surface area contributed by atoms with Gasteiger partial charge < -0.3 is 4.42 Å². The standard InChI is InChI=1S/C11H13BrN2OS/c1-11(2,10-13-5-6-16-10)14-7-8-3-4-9(12)15-8/h3-6,14H,7H2,1-2H3. The summed E-state index contributed by atoms with van der Waals surface area (Å²) in [6.45, 7) is 4.92. The summed E-state index contributed by atoms with van der Waals surface area (Å²) in [4.78, 5) is 4.32. The molecule has 3 nitrogen and oxygen atoms in total. The topological polar surface area (TPSA) is 38.1 Å². The average molecular weight is 301 g/mol. The van der Waals surface area contributed by atoms with Crippen molar-refractivity contribution in [3.8, 4) is 0 Å². The Morgan fingerprint density at radius 3 is 2.88 bits per heavy atom. The van der Waals surface area contributed by atoms with Crippen molar-refractivity contribution in [3.63, 3.8) is 0 Å². The van der Waals surface area contributed by atoms with E-state index in [-0.39, 0.29) is 5.54 Å². The van der Waals surface area contributed by atoms with E-state index in [1.807, 2.05) is 23.7 Å². The van der Waals surface area contributed by atoms with Crippen molar-refractivity contribution in [1.29, 1.82) is 0 Å². The highest BCUT2D eigenvalue weighted by Crippen LogP contribution is 2.23. The van der Waals surface area contributed by atoms with Crippen molar-refractivity contribution in [1.82, 2.24) is 10.3 Å². The molecular weight excluding hydrogens is 288 g/mol. The fourth-order valence-corrected chi connectivity index (χ4v) is 2.44. The van der Waals surface area contributed by atoms with E-state index in [1.165, 1.54) is 0 Å². The Hall–Kier alpha value is -0.650. The molecule has 16 heavy (non-hydrogen) atoms. The number of hydrogen-bond acceptors (Lipinski definition) is 4. The van der Waals surface area contributed by atoms with Gasteiger partial charge in [0.15, 0.2) is 4.67 Å². The molecule has 0 aliphatic heterocycles. The van der Waals surface area contributed by atoms with Gasteiger partial charge in [0.2, 0.25) is 0 Å². The highest BCUT2D eigenvalue weighted by Gasteiger charge is 2.22. The maximum atomic E-state index is 5.43. The lowest BCUT2D eigenvalue weighted by Gasteiger charge is -2.23. The fourth-order valence-electron chi connectivity index (χ4n) is 1.36. The molecule has 2 heterocycles. The normalized spacial score (nSPS) is 11.9. The molecule has 0 bridgehead atoms. The van der Waals surface area contributed by atoms with E-state index in [9.17, 15) is 0 Å². The van der Waals surface area contributed by atoms with Gasteiger partial charge in [-0.05, 0) is 41.9 Å². The second-order valence-corrected chi connectivity index (χ2v) is 5.70. The Morgan fingerprint density at radius 2 is 2.31 bits per heavy atom. The molecule has 2 aromatic rings. The first-order valence-corrected chi connectivity index (χ1v) is 6.64. The maximum Gasteiger partial charge on any atom is 0.169 e. The third-order valence-corrected chi connectivity index (χ3v) is 3.82. The number of furan rings is 1. The van der Waals surface area contributed by atoms with E-state index in [0.29, 0.717) is 6.54 Å². The minimum absolute atomic E-state index is 0.132. The Balaban J connectivity index is 2.00. The Kier molecular flexibility index (Phi) is 3.47. The van der Waals surface area contributed by atoms with Crippen LogP contribution in [-0.4, -0.2) is 4.98 Å². The van der Waals surface area contributed by atoms with Gasteiger partial charge in [0.05, 0.1) is 12.1 Å². The number of aromatic nitrogens is 1. The monoisotopic (exact) mass is 300 g/mol. The summed E-state index contributed by atoms with van der Waals surface area (Å²) in [5.74, 6) is 0.913. The van der Waals surface area contributed by atoms with E-state index in [4.69, 9.17) is 4.42 Å². The van der Waals surface area contributed by atoms with Crippen LogP contribution in [0.15, 0.2) is 32.8 Å². The minimum Gasteiger partial charge on any atom is -0.453 e. The smallest absolute Gasteiger partial charge is 0.169 e. The molecule has 5 heteroatoms. The molecule has 0 aliphatic rings. The van der Waals surface area contributed by atoms with Crippen molar-refractivity contribution in [2.45, 2.75) is 25.9 Å². The first-order valence-electron chi connectivity index (χ1n) is 4.97.